The molecule has 0 radical (unpaired) electrons. The lowest BCUT2D eigenvalue weighted by Crippen LogP contribution is -2.26. The Labute approximate surface area is 143 Å². The average molecular weight is 355 g/mol. The summed E-state index contributed by atoms with van der Waals surface area (Å²) in [6.45, 7) is 5.73. The van der Waals surface area contributed by atoms with E-state index in [-0.39, 0.29) is 23.9 Å². The van der Waals surface area contributed by atoms with Gasteiger partial charge < -0.3 is 10.4 Å². The molecular formula is C16H22FN3O3S. The second-order valence-corrected chi connectivity index (χ2v) is 7.98. The monoisotopic (exact) mass is 355 g/mol. The molecule has 132 valence electrons. The van der Waals surface area contributed by atoms with Gasteiger partial charge in [-0.25, -0.2) is 8.60 Å². The van der Waals surface area contributed by atoms with Crippen LogP contribution >= 0.6 is 0 Å². The van der Waals surface area contributed by atoms with Crippen LogP contribution < -0.4 is 14.3 Å². The van der Waals surface area contributed by atoms with E-state index in [4.69, 9.17) is 0 Å². The smallest absolute Gasteiger partial charge is 0.253 e. The number of anilines is 1. The first-order chi connectivity index (χ1) is 11.4. The number of halogens is 1. The molecule has 0 saturated carbocycles. The highest BCUT2D eigenvalue weighted by atomic mass is 32.2. The Morgan fingerprint density at radius 1 is 1.50 bits per heavy atom. The Morgan fingerprint density at radius 3 is 2.88 bits per heavy atom. The predicted octanol–water partition coefficient (Wildman–Crippen LogP) is 1.01. The quantitative estimate of drug-likeness (QED) is 0.736. The third-order valence-electron chi connectivity index (χ3n) is 4.34. The highest BCUT2D eigenvalue weighted by Crippen LogP contribution is 2.40. The number of benzene rings is 1. The van der Waals surface area contributed by atoms with Crippen molar-refractivity contribution >= 4 is 22.8 Å². The van der Waals surface area contributed by atoms with E-state index in [2.05, 4.69) is 23.9 Å². The van der Waals surface area contributed by atoms with E-state index < -0.39 is 22.9 Å². The van der Waals surface area contributed by atoms with Gasteiger partial charge in [0.25, 0.3) is 5.91 Å². The van der Waals surface area contributed by atoms with Crippen molar-refractivity contribution in [3.8, 4) is 5.75 Å². The summed E-state index contributed by atoms with van der Waals surface area (Å²) in [4.78, 5) is 11.4. The van der Waals surface area contributed by atoms with Gasteiger partial charge in [0.15, 0.2) is 5.82 Å². The fraction of sp³-hybridized carbons (Fsp3) is 0.562. The van der Waals surface area contributed by atoms with Crippen LogP contribution in [0.15, 0.2) is 6.07 Å². The molecular weight excluding hydrogens is 333 g/mol. The van der Waals surface area contributed by atoms with E-state index in [0.717, 1.165) is 23.0 Å². The van der Waals surface area contributed by atoms with Crippen molar-refractivity contribution in [3.05, 3.63) is 23.0 Å². The highest BCUT2D eigenvalue weighted by Gasteiger charge is 2.35. The molecule has 0 bridgehead atoms. The number of nitrogens with one attached hydrogen (secondary N) is 2. The molecule has 1 heterocycles. The summed E-state index contributed by atoms with van der Waals surface area (Å²) >= 11 is -1.86. The Hall–Kier alpha value is -1.67. The zero-order valence-electron chi connectivity index (χ0n) is 13.8. The lowest BCUT2D eigenvalue weighted by atomic mass is 10.1. The van der Waals surface area contributed by atoms with Gasteiger partial charge in [0, 0.05) is 0 Å². The first-order valence-corrected chi connectivity index (χ1v) is 9.20. The van der Waals surface area contributed by atoms with E-state index in [1.165, 1.54) is 6.07 Å². The van der Waals surface area contributed by atoms with Gasteiger partial charge in [-0.1, -0.05) is 13.8 Å². The molecule has 1 aliphatic heterocycles. The number of phenolic OH excluding ortho intramolecular Hbond substituents is 1. The fourth-order valence-electron chi connectivity index (χ4n) is 3.29. The summed E-state index contributed by atoms with van der Waals surface area (Å²) in [5, 5.41) is 13.6. The molecule has 2 atom stereocenters. The molecule has 1 fully saturated rings. The van der Waals surface area contributed by atoms with Gasteiger partial charge in [0.2, 0.25) is 11.2 Å². The van der Waals surface area contributed by atoms with Crippen molar-refractivity contribution in [3.63, 3.8) is 0 Å². The van der Waals surface area contributed by atoms with Crippen molar-refractivity contribution in [1.29, 1.82) is 0 Å². The maximum absolute atomic E-state index is 14.9. The van der Waals surface area contributed by atoms with Crippen LogP contribution in [0.1, 0.15) is 25.0 Å². The van der Waals surface area contributed by atoms with Crippen molar-refractivity contribution in [2.45, 2.75) is 26.7 Å². The number of hydrogen-bond acceptors (Lipinski definition) is 4. The molecule has 1 aromatic carbocycles. The average Bonchev–Trinajstić information content (AvgIpc) is 3.02. The maximum Gasteiger partial charge on any atom is 0.253 e. The number of hydrogen-bond donors (Lipinski definition) is 3. The van der Waals surface area contributed by atoms with E-state index in [1.54, 1.807) is 0 Å². The van der Waals surface area contributed by atoms with Crippen molar-refractivity contribution in [2.24, 2.45) is 11.8 Å². The summed E-state index contributed by atoms with van der Waals surface area (Å²) in [6, 6.07) is 1.54. The van der Waals surface area contributed by atoms with Gasteiger partial charge in [-0.15, -0.1) is 0 Å². The lowest BCUT2D eigenvalue weighted by molar-refractivity contribution is -0.117. The van der Waals surface area contributed by atoms with E-state index in [9.17, 15) is 18.5 Å². The van der Waals surface area contributed by atoms with Gasteiger partial charge >= 0.3 is 0 Å². The van der Waals surface area contributed by atoms with Gasteiger partial charge in [-0.2, -0.15) is 0 Å². The number of carbonyl (C=O) groups is 1. The maximum atomic E-state index is 14.9. The van der Waals surface area contributed by atoms with Gasteiger partial charge in [0.1, 0.15) is 18.0 Å². The van der Waals surface area contributed by atoms with Crippen LogP contribution in [-0.4, -0.2) is 34.9 Å². The minimum atomic E-state index is -1.86. The second-order valence-electron chi connectivity index (χ2n) is 6.83. The topological polar surface area (TPSA) is 81.7 Å². The highest BCUT2D eigenvalue weighted by molar-refractivity contribution is 7.85. The number of carbonyl (C=O) groups excluding carboxylic acids is 1. The minimum Gasteiger partial charge on any atom is -0.506 e. The third-order valence-corrected chi connectivity index (χ3v) is 5.45. The molecule has 6 nitrogen and oxygen atoms in total. The SMILES string of the molecule is CC(C)CNCC1Cc2cc(O)c(N3CC(=O)NS3=O)c(F)c2C1. The van der Waals surface area contributed by atoms with Crippen LogP contribution in [0, 0.1) is 17.7 Å². The van der Waals surface area contributed by atoms with Crippen LogP contribution in [-0.2, 0) is 28.8 Å². The van der Waals surface area contributed by atoms with Crippen LogP contribution in [0.3, 0.4) is 0 Å². The number of aromatic hydroxyl groups is 1. The van der Waals surface area contributed by atoms with Crippen molar-refractivity contribution < 1.29 is 18.5 Å². The van der Waals surface area contributed by atoms with Gasteiger partial charge in [0.05, 0.1) is 0 Å². The lowest BCUT2D eigenvalue weighted by Gasteiger charge is -2.18. The molecule has 1 aromatic rings. The zero-order chi connectivity index (χ0) is 17.4. The van der Waals surface area contributed by atoms with Gasteiger partial charge in [-0.3, -0.25) is 13.8 Å². The molecule has 2 unspecified atom stereocenters. The van der Waals surface area contributed by atoms with E-state index >= 15 is 0 Å². The molecule has 0 spiro atoms. The third kappa shape index (κ3) is 3.25. The molecule has 8 heteroatoms. The number of amides is 1. The molecule has 1 aliphatic carbocycles. The number of nitrogens with zero attached hydrogens (tertiary/aromatic N) is 1. The van der Waals surface area contributed by atoms with Gasteiger partial charge in [-0.05, 0) is 55.0 Å². The molecule has 2 aliphatic rings. The van der Waals surface area contributed by atoms with Crippen LogP contribution in [0.2, 0.25) is 0 Å². The number of rotatable bonds is 5. The summed E-state index contributed by atoms with van der Waals surface area (Å²) in [6.07, 6.45) is 1.27. The van der Waals surface area contributed by atoms with E-state index in [1.807, 2.05) is 0 Å². The van der Waals surface area contributed by atoms with Crippen LogP contribution in [0.5, 0.6) is 5.75 Å². The first-order valence-electron chi connectivity index (χ1n) is 8.09. The molecule has 1 amide bonds. The summed E-state index contributed by atoms with van der Waals surface area (Å²) < 4.78 is 30.1. The number of phenols is 1. The fourth-order valence-corrected chi connectivity index (χ4v) is 4.23. The standard InChI is InChI=1S/C16H22FN3O3S/c1-9(2)6-18-7-10-3-11-5-13(21)16(15(17)12(11)4-10)20-8-14(22)19-24(20)23/h5,9-10,18,21H,3-4,6-8H2,1-2H3,(H,19,22). The second kappa shape index (κ2) is 6.68. The molecule has 24 heavy (non-hydrogen) atoms. The molecule has 0 aromatic heterocycles. The molecule has 1 saturated heterocycles. The minimum absolute atomic E-state index is 0.152. The first kappa shape index (κ1) is 17.2. The Balaban J connectivity index is 1.80. The molecule has 3 rings (SSSR count). The Bertz CT molecular complexity index is 696. The Kier molecular flexibility index (Phi) is 4.78. The summed E-state index contributed by atoms with van der Waals surface area (Å²) in [7, 11) is 0. The van der Waals surface area contributed by atoms with Crippen molar-refractivity contribution in [1.82, 2.24) is 10.0 Å². The summed E-state index contributed by atoms with van der Waals surface area (Å²) in [5.41, 5.74) is 1.19. The largest absolute Gasteiger partial charge is 0.506 e. The van der Waals surface area contributed by atoms with Crippen LogP contribution in [0.4, 0.5) is 10.1 Å². The predicted molar refractivity (Wildman–Crippen MR) is 90.3 cm³/mol. The van der Waals surface area contributed by atoms with E-state index in [0.29, 0.717) is 24.3 Å². The Morgan fingerprint density at radius 2 is 2.25 bits per heavy atom. The van der Waals surface area contributed by atoms with Crippen LogP contribution in [0.25, 0.3) is 0 Å². The van der Waals surface area contributed by atoms with Crippen molar-refractivity contribution in [2.75, 3.05) is 23.9 Å². The summed E-state index contributed by atoms with van der Waals surface area (Å²) in [5.74, 6) is -0.473. The number of fused-ring (bicyclic) bond motifs is 1. The zero-order valence-corrected chi connectivity index (χ0v) is 14.6. The molecule has 3 N–H and O–H groups in total. The normalized spacial score (nSPS) is 23.0.